The molecule has 5 N–H and O–H groups in total. The third-order valence-corrected chi connectivity index (χ3v) is 1.35. The van der Waals surface area contributed by atoms with E-state index in [-0.39, 0.29) is 46.3 Å². The van der Waals surface area contributed by atoms with Crippen LogP contribution in [0, 0.1) is 12.9 Å². The van der Waals surface area contributed by atoms with Crippen molar-refractivity contribution in [2.24, 2.45) is 0 Å². The molecule has 2 rings (SSSR count). The topological polar surface area (TPSA) is 139 Å². The standard InChI is InChI=1S/C5H4FN5O.Na.2H2O/c1-2-7-5-9-8-3(6)4(12)11(5)10-2;;;/h1H3,(H,7,9,10);;2*1H2/q;+1;;. The number of H-pyrrole nitrogens is 1. The fourth-order valence-corrected chi connectivity index (χ4v) is 0.869. The molecule has 0 saturated carbocycles. The molecule has 78 valence electrons. The summed E-state index contributed by atoms with van der Waals surface area (Å²) in [5, 5.41) is 8.86. The van der Waals surface area contributed by atoms with Gasteiger partial charge in [-0.25, -0.2) is 0 Å². The number of aromatic nitrogens is 5. The second kappa shape index (κ2) is 5.88. The number of rotatable bonds is 0. The Balaban J connectivity index is 0. The van der Waals surface area contributed by atoms with Crippen molar-refractivity contribution in [3.63, 3.8) is 0 Å². The maximum atomic E-state index is 12.5. The summed E-state index contributed by atoms with van der Waals surface area (Å²) < 4.78 is 13.4. The number of nitrogens with zero attached hydrogens (tertiary/aromatic N) is 4. The zero-order valence-electron chi connectivity index (χ0n) is 8.08. The van der Waals surface area contributed by atoms with Gasteiger partial charge in [-0.2, -0.15) is 13.9 Å². The monoisotopic (exact) mass is 228 g/mol. The van der Waals surface area contributed by atoms with Crippen LogP contribution in [0.5, 0.6) is 0 Å². The first-order valence-electron chi connectivity index (χ1n) is 3.16. The molecule has 0 aromatic carbocycles. The molecule has 0 fully saturated rings. The van der Waals surface area contributed by atoms with E-state index < -0.39 is 11.5 Å². The van der Waals surface area contributed by atoms with Crippen LogP contribution in [0.25, 0.3) is 5.78 Å². The van der Waals surface area contributed by atoms with Crippen LogP contribution in [0.15, 0.2) is 4.79 Å². The Labute approximate surface area is 104 Å². The summed E-state index contributed by atoms with van der Waals surface area (Å²) >= 11 is 0. The Bertz CT molecular complexity index is 497. The van der Waals surface area contributed by atoms with Gasteiger partial charge in [0, 0.05) is 0 Å². The van der Waals surface area contributed by atoms with E-state index >= 15 is 0 Å². The van der Waals surface area contributed by atoms with Gasteiger partial charge in [-0.05, 0) is 6.92 Å². The molecule has 0 atom stereocenters. The van der Waals surface area contributed by atoms with Crippen LogP contribution >= 0.6 is 0 Å². The van der Waals surface area contributed by atoms with Crippen LogP contribution in [0.3, 0.4) is 0 Å². The van der Waals surface area contributed by atoms with Gasteiger partial charge in [0.05, 0.1) is 0 Å². The molecule has 15 heavy (non-hydrogen) atoms. The number of aryl methyl sites for hydroxylation is 1. The van der Waals surface area contributed by atoms with Gasteiger partial charge >= 0.3 is 35.1 Å². The van der Waals surface area contributed by atoms with Crippen LogP contribution in [-0.4, -0.2) is 35.7 Å². The Morgan fingerprint density at radius 3 is 2.53 bits per heavy atom. The van der Waals surface area contributed by atoms with Crippen LogP contribution in [-0.2, 0) is 0 Å². The second-order valence-corrected chi connectivity index (χ2v) is 2.24. The molecule has 0 aliphatic carbocycles. The van der Waals surface area contributed by atoms with Gasteiger partial charge in [-0.1, -0.05) is 0 Å². The first-order chi connectivity index (χ1) is 5.68. The molecular weight excluding hydrogens is 220 g/mol. The molecule has 0 amide bonds. The largest absolute Gasteiger partial charge is 1.00 e. The smallest absolute Gasteiger partial charge is 0.412 e. The first-order valence-corrected chi connectivity index (χ1v) is 3.16. The van der Waals surface area contributed by atoms with Gasteiger partial charge in [-0.15, -0.1) is 10.2 Å². The van der Waals surface area contributed by atoms with E-state index in [1.165, 1.54) is 0 Å². The van der Waals surface area contributed by atoms with E-state index in [9.17, 15) is 9.18 Å². The number of hydrogen-bond donors (Lipinski definition) is 1. The predicted molar refractivity (Wildman–Crippen MR) is 43.3 cm³/mol. The van der Waals surface area contributed by atoms with Gasteiger partial charge in [0.1, 0.15) is 5.82 Å². The maximum Gasteiger partial charge on any atom is 1.00 e. The Hall–Kier alpha value is -0.870. The molecule has 0 aliphatic heterocycles. The van der Waals surface area contributed by atoms with Crippen LogP contribution in [0.2, 0.25) is 0 Å². The summed E-state index contributed by atoms with van der Waals surface area (Å²) in [4.78, 5) is 14.7. The van der Waals surface area contributed by atoms with Crippen LogP contribution < -0.4 is 35.1 Å². The van der Waals surface area contributed by atoms with Crippen LogP contribution in [0.4, 0.5) is 4.39 Å². The molecule has 0 saturated heterocycles. The van der Waals surface area contributed by atoms with E-state index in [0.29, 0.717) is 5.82 Å². The zero-order valence-corrected chi connectivity index (χ0v) is 10.1. The predicted octanol–water partition coefficient (Wildman–Crippen LogP) is -5.39. The number of aromatic amines is 1. The van der Waals surface area contributed by atoms with Gasteiger partial charge in [0.15, 0.2) is 0 Å². The van der Waals surface area contributed by atoms with Gasteiger partial charge in [0.2, 0.25) is 0 Å². The van der Waals surface area contributed by atoms with E-state index in [1.807, 2.05) is 0 Å². The molecule has 8 nitrogen and oxygen atoms in total. The van der Waals surface area contributed by atoms with Gasteiger partial charge in [-0.3, -0.25) is 9.89 Å². The normalized spacial score (nSPS) is 8.67. The minimum Gasteiger partial charge on any atom is -0.412 e. The number of halogens is 1. The summed E-state index contributed by atoms with van der Waals surface area (Å²) in [6, 6.07) is 0. The van der Waals surface area contributed by atoms with E-state index in [0.717, 1.165) is 4.52 Å². The van der Waals surface area contributed by atoms with Crippen molar-refractivity contribution in [3.05, 3.63) is 22.1 Å². The molecule has 0 aliphatic rings. The van der Waals surface area contributed by atoms with Crippen molar-refractivity contribution in [1.29, 1.82) is 0 Å². The third kappa shape index (κ3) is 2.79. The average Bonchev–Trinajstić information content (AvgIpc) is 2.39. The fraction of sp³-hybridized carbons (Fsp3) is 0.200. The molecule has 0 bridgehead atoms. The summed E-state index contributed by atoms with van der Waals surface area (Å²) in [7, 11) is 0. The van der Waals surface area contributed by atoms with E-state index in [1.54, 1.807) is 6.92 Å². The zero-order chi connectivity index (χ0) is 8.72. The molecule has 2 aromatic rings. The third-order valence-electron chi connectivity index (χ3n) is 1.35. The molecule has 0 unspecified atom stereocenters. The number of nitrogens with one attached hydrogen (secondary N) is 1. The van der Waals surface area contributed by atoms with E-state index in [2.05, 4.69) is 20.3 Å². The van der Waals surface area contributed by atoms with Crippen LogP contribution in [0.1, 0.15) is 5.82 Å². The Morgan fingerprint density at radius 1 is 1.33 bits per heavy atom. The van der Waals surface area contributed by atoms with Crippen molar-refractivity contribution >= 4 is 5.78 Å². The SMILES string of the molecule is Cc1nc2nnc(F)c(=O)n2[nH]1.O.O.[Na+]. The molecule has 2 aromatic heterocycles. The molecular formula is C5H8FN5NaO3+. The van der Waals surface area contributed by atoms with E-state index in [4.69, 9.17) is 0 Å². The molecule has 0 spiro atoms. The quantitative estimate of drug-likeness (QED) is 0.449. The number of fused-ring (bicyclic) bond motifs is 1. The average molecular weight is 228 g/mol. The second-order valence-electron chi connectivity index (χ2n) is 2.24. The summed E-state index contributed by atoms with van der Waals surface area (Å²) in [6.45, 7) is 1.63. The Morgan fingerprint density at radius 2 is 1.93 bits per heavy atom. The fourth-order valence-electron chi connectivity index (χ4n) is 0.869. The van der Waals surface area contributed by atoms with Gasteiger partial charge < -0.3 is 11.0 Å². The summed E-state index contributed by atoms with van der Waals surface area (Å²) in [5.41, 5.74) is -0.874. The minimum atomic E-state index is -1.14. The maximum absolute atomic E-state index is 12.5. The molecule has 2 heterocycles. The van der Waals surface area contributed by atoms with Crippen molar-refractivity contribution < 1.29 is 44.9 Å². The Kier molecular flexibility index (Phi) is 6.49. The summed E-state index contributed by atoms with van der Waals surface area (Å²) in [5.74, 6) is -0.595. The van der Waals surface area contributed by atoms with Crippen molar-refractivity contribution in [1.82, 2.24) is 24.8 Å². The van der Waals surface area contributed by atoms with Crippen molar-refractivity contribution in [3.8, 4) is 0 Å². The molecule has 10 heteroatoms. The summed E-state index contributed by atoms with van der Waals surface area (Å²) in [6.07, 6.45) is 0. The minimum absolute atomic E-state index is 0. The first kappa shape index (κ1) is 16.6. The molecule has 0 radical (unpaired) electrons. The van der Waals surface area contributed by atoms with Crippen molar-refractivity contribution in [2.75, 3.05) is 0 Å². The number of hydrogen-bond acceptors (Lipinski definition) is 4. The van der Waals surface area contributed by atoms with Gasteiger partial charge in [0.25, 0.3) is 11.7 Å². The van der Waals surface area contributed by atoms with Crippen molar-refractivity contribution in [2.45, 2.75) is 6.92 Å².